The Morgan fingerprint density at radius 3 is 2.26 bits per heavy atom. The first kappa shape index (κ1) is 11.3. The Morgan fingerprint density at radius 1 is 0.842 bits per heavy atom. The van der Waals surface area contributed by atoms with Crippen LogP contribution in [0.4, 0.5) is 0 Å². The van der Waals surface area contributed by atoms with E-state index in [0.29, 0.717) is 16.9 Å². The number of rotatable bonds is 1. The Hall–Kier alpha value is -2.75. The van der Waals surface area contributed by atoms with Crippen LogP contribution < -0.4 is 5.43 Å². The van der Waals surface area contributed by atoms with Crippen molar-refractivity contribution in [3.05, 3.63) is 58.8 Å². The van der Waals surface area contributed by atoms with E-state index < -0.39 is 0 Å². The number of fused-ring (bicyclic) bond motifs is 1. The van der Waals surface area contributed by atoms with Crippen molar-refractivity contribution >= 4 is 0 Å². The SMILES string of the molecule is O=c1ccc2cc(O)c(-c3ccc(O)cc3)oc-2c1. The van der Waals surface area contributed by atoms with Gasteiger partial charge in [-0.2, -0.15) is 0 Å². The minimum Gasteiger partial charge on any atom is -0.508 e. The van der Waals surface area contributed by atoms with Crippen molar-refractivity contribution in [1.82, 2.24) is 0 Å². The highest BCUT2D eigenvalue weighted by atomic mass is 16.4. The number of hydrogen-bond donors (Lipinski definition) is 2. The van der Waals surface area contributed by atoms with E-state index in [1.54, 1.807) is 24.3 Å². The van der Waals surface area contributed by atoms with E-state index in [0.717, 1.165) is 0 Å². The van der Waals surface area contributed by atoms with Gasteiger partial charge in [0.2, 0.25) is 0 Å². The molecule has 1 aliphatic carbocycles. The third kappa shape index (κ3) is 2.04. The summed E-state index contributed by atoms with van der Waals surface area (Å²) in [4.78, 5) is 11.3. The molecule has 0 aromatic heterocycles. The number of phenols is 1. The van der Waals surface area contributed by atoms with Crippen LogP contribution >= 0.6 is 0 Å². The van der Waals surface area contributed by atoms with Gasteiger partial charge in [-0.05, 0) is 42.5 Å². The smallest absolute Gasteiger partial charge is 0.182 e. The maximum absolute atomic E-state index is 11.3. The Labute approximate surface area is 108 Å². The number of aromatic hydroxyl groups is 2. The second-order valence-electron chi connectivity index (χ2n) is 4.21. The number of hydrogen-bond acceptors (Lipinski definition) is 4. The first-order chi connectivity index (χ1) is 9.13. The zero-order chi connectivity index (χ0) is 13.4. The minimum atomic E-state index is -0.154. The van der Waals surface area contributed by atoms with Crippen LogP contribution in [0.5, 0.6) is 11.5 Å². The summed E-state index contributed by atoms with van der Waals surface area (Å²) >= 11 is 0. The van der Waals surface area contributed by atoms with Gasteiger partial charge in [-0.1, -0.05) is 0 Å². The van der Waals surface area contributed by atoms with Gasteiger partial charge in [0.05, 0.1) is 0 Å². The van der Waals surface area contributed by atoms with Crippen molar-refractivity contribution in [3.8, 4) is 34.1 Å². The van der Waals surface area contributed by atoms with Gasteiger partial charge in [-0.3, -0.25) is 4.79 Å². The Balaban J connectivity index is 2.24. The van der Waals surface area contributed by atoms with E-state index in [9.17, 15) is 15.0 Å². The van der Waals surface area contributed by atoms with Crippen molar-refractivity contribution in [2.45, 2.75) is 0 Å². The fourth-order valence-corrected chi connectivity index (χ4v) is 1.92. The van der Waals surface area contributed by atoms with E-state index in [1.807, 2.05) is 0 Å². The van der Waals surface area contributed by atoms with Crippen LogP contribution in [-0.4, -0.2) is 10.2 Å². The average Bonchev–Trinajstić information content (AvgIpc) is 2.40. The first-order valence-corrected chi connectivity index (χ1v) is 5.70. The van der Waals surface area contributed by atoms with Crippen molar-refractivity contribution in [2.24, 2.45) is 0 Å². The predicted octanol–water partition coefficient (Wildman–Crippen LogP) is 2.82. The monoisotopic (exact) mass is 254 g/mol. The second-order valence-corrected chi connectivity index (χ2v) is 4.21. The van der Waals surface area contributed by atoms with E-state index in [-0.39, 0.29) is 22.7 Å². The summed E-state index contributed by atoms with van der Waals surface area (Å²) < 4.78 is 5.57. The fourth-order valence-electron chi connectivity index (χ4n) is 1.92. The predicted molar refractivity (Wildman–Crippen MR) is 70.4 cm³/mol. The zero-order valence-corrected chi connectivity index (χ0v) is 9.83. The molecule has 1 aromatic carbocycles. The molecule has 0 bridgehead atoms. The van der Waals surface area contributed by atoms with Crippen molar-refractivity contribution in [2.75, 3.05) is 0 Å². The summed E-state index contributed by atoms with van der Waals surface area (Å²) in [5.41, 5.74) is 1.12. The van der Waals surface area contributed by atoms with Crippen molar-refractivity contribution in [3.63, 3.8) is 0 Å². The molecule has 0 unspecified atom stereocenters. The van der Waals surface area contributed by atoms with Crippen molar-refractivity contribution in [1.29, 1.82) is 0 Å². The molecule has 0 atom stereocenters. The Bertz CT molecular complexity index is 756. The molecule has 0 saturated carbocycles. The van der Waals surface area contributed by atoms with E-state index in [4.69, 9.17) is 4.42 Å². The molecule has 0 fully saturated rings. The third-order valence-electron chi connectivity index (χ3n) is 2.85. The van der Waals surface area contributed by atoms with Gasteiger partial charge in [0.1, 0.15) is 11.5 Å². The largest absolute Gasteiger partial charge is 0.508 e. The standard InChI is InChI=1S/C15H10O4/c16-11-4-1-9(2-5-11)15-13(18)7-10-3-6-12(17)8-14(10)19-15/h1-8,16,18H. The first-order valence-electron chi connectivity index (χ1n) is 5.70. The summed E-state index contributed by atoms with van der Waals surface area (Å²) in [5.74, 6) is 0.786. The van der Waals surface area contributed by atoms with Gasteiger partial charge < -0.3 is 14.6 Å². The average molecular weight is 254 g/mol. The van der Waals surface area contributed by atoms with Crippen LogP contribution in [0.1, 0.15) is 0 Å². The molecule has 1 aromatic rings. The molecule has 0 amide bonds. The molecule has 4 heteroatoms. The molecule has 3 rings (SSSR count). The highest BCUT2D eigenvalue weighted by Gasteiger charge is 2.13. The molecular weight excluding hydrogens is 244 g/mol. The van der Waals surface area contributed by atoms with E-state index >= 15 is 0 Å². The molecule has 0 spiro atoms. The minimum absolute atomic E-state index is 0.0168. The maximum atomic E-state index is 11.3. The van der Waals surface area contributed by atoms with Crippen LogP contribution in [-0.2, 0) is 0 Å². The fraction of sp³-hybridized carbons (Fsp3) is 0. The lowest BCUT2D eigenvalue weighted by molar-refractivity contribution is 0.446. The molecule has 0 saturated heterocycles. The lowest BCUT2D eigenvalue weighted by atomic mass is 10.1. The van der Waals surface area contributed by atoms with Gasteiger partial charge in [0.25, 0.3) is 0 Å². The molecule has 0 radical (unpaired) electrons. The highest BCUT2D eigenvalue weighted by molar-refractivity contribution is 5.71. The molecule has 2 N–H and O–H groups in total. The number of phenolic OH excluding ortho intramolecular Hbond substituents is 1. The van der Waals surface area contributed by atoms with Crippen molar-refractivity contribution < 1.29 is 14.6 Å². The Kier molecular flexibility index (Phi) is 2.49. The zero-order valence-electron chi connectivity index (χ0n) is 9.83. The van der Waals surface area contributed by atoms with Crippen LogP contribution in [0.15, 0.2) is 57.7 Å². The second kappa shape index (κ2) is 4.17. The van der Waals surface area contributed by atoms with Crippen LogP contribution in [0.3, 0.4) is 0 Å². The summed E-state index contributed by atoms with van der Waals surface area (Å²) in [6.45, 7) is 0. The topological polar surface area (TPSA) is 70.7 Å². The van der Waals surface area contributed by atoms with E-state index in [1.165, 1.54) is 24.3 Å². The summed E-state index contributed by atoms with van der Waals surface area (Å²) in [7, 11) is 0. The molecule has 4 nitrogen and oxygen atoms in total. The third-order valence-corrected chi connectivity index (χ3v) is 2.85. The lowest BCUT2D eigenvalue weighted by Crippen LogP contribution is -1.97. The van der Waals surface area contributed by atoms with Crippen LogP contribution in [0.2, 0.25) is 0 Å². The lowest BCUT2D eigenvalue weighted by Gasteiger charge is -2.09. The molecular formula is C15H10O4. The summed E-state index contributed by atoms with van der Waals surface area (Å²) in [6, 6.07) is 12.2. The van der Waals surface area contributed by atoms with Crippen LogP contribution in [0, 0.1) is 0 Å². The highest BCUT2D eigenvalue weighted by Crippen LogP contribution is 2.36. The molecule has 94 valence electrons. The summed E-state index contributed by atoms with van der Waals surface area (Å²) in [6.07, 6.45) is 0. The normalized spacial score (nSPS) is 10.7. The molecule has 19 heavy (non-hydrogen) atoms. The van der Waals surface area contributed by atoms with Gasteiger partial charge >= 0.3 is 0 Å². The maximum Gasteiger partial charge on any atom is 0.182 e. The quantitative estimate of drug-likeness (QED) is 0.700. The van der Waals surface area contributed by atoms with Gasteiger partial charge in [0.15, 0.2) is 16.9 Å². The Morgan fingerprint density at radius 2 is 1.53 bits per heavy atom. The van der Waals surface area contributed by atoms with Gasteiger partial charge in [0, 0.05) is 17.2 Å². The van der Waals surface area contributed by atoms with E-state index in [2.05, 4.69) is 0 Å². The number of benzene rings is 2. The molecule has 1 heterocycles. The molecule has 2 aliphatic rings. The molecule has 1 aliphatic heterocycles. The van der Waals surface area contributed by atoms with Gasteiger partial charge in [-0.15, -0.1) is 0 Å². The van der Waals surface area contributed by atoms with Crippen LogP contribution in [0.25, 0.3) is 22.6 Å². The summed E-state index contributed by atoms with van der Waals surface area (Å²) in [5, 5.41) is 19.2. The van der Waals surface area contributed by atoms with Gasteiger partial charge in [-0.25, -0.2) is 0 Å².